The number of benzene rings is 2. The minimum absolute atomic E-state index is 0. The van der Waals surface area contributed by atoms with Crippen LogP contribution in [0.4, 0.5) is 0 Å². The van der Waals surface area contributed by atoms with Crippen molar-refractivity contribution in [3.8, 4) is 0 Å². The summed E-state index contributed by atoms with van der Waals surface area (Å²) in [7, 11) is 0. The average Bonchev–Trinajstić information content (AvgIpc) is 2.61. The molecular formula is C20H26ClNO. The number of aliphatic hydroxyl groups is 1. The Balaban J connectivity index is 0.00000192. The predicted octanol–water partition coefficient (Wildman–Crippen LogP) is 4.41. The summed E-state index contributed by atoms with van der Waals surface area (Å²) in [5.74, 6) is 0.127. The van der Waals surface area contributed by atoms with Crippen molar-refractivity contribution in [1.82, 2.24) is 4.90 Å². The smallest absolute Gasteiger partial charge is 0.0870 e. The minimum atomic E-state index is -0.453. The van der Waals surface area contributed by atoms with Gasteiger partial charge in [-0.15, -0.1) is 12.4 Å². The van der Waals surface area contributed by atoms with Gasteiger partial charge in [-0.1, -0.05) is 67.1 Å². The zero-order chi connectivity index (χ0) is 15.2. The third kappa shape index (κ3) is 4.81. The van der Waals surface area contributed by atoms with E-state index in [1.54, 1.807) is 0 Å². The Hall–Kier alpha value is -1.35. The normalized spacial score (nSPS) is 18.0. The van der Waals surface area contributed by atoms with E-state index in [1.807, 2.05) is 36.4 Å². The van der Waals surface area contributed by atoms with E-state index >= 15 is 0 Å². The molecule has 3 heteroatoms. The first-order chi connectivity index (χ1) is 10.8. The van der Waals surface area contributed by atoms with Gasteiger partial charge in [-0.25, -0.2) is 0 Å². The van der Waals surface area contributed by atoms with E-state index in [9.17, 15) is 5.11 Å². The van der Waals surface area contributed by atoms with Crippen molar-refractivity contribution in [2.75, 3.05) is 19.6 Å². The van der Waals surface area contributed by atoms with Crippen molar-refractivity contribution in [3.05, 3.63) is 71.8 Å². The molecule has 0 saturated carbocycles. The monoisotopic (exact) mass is 331 g/mol. The Morgan fingerprint density at radius 1 is 0.783 bits per heavy atom. The molecule has 0 radical (unpaired) electrons. The van der Waals surface area contributed by atoms with Crippen molar-refractivity contribution in [2.45, 2.75) is 31.3 Å². The highest BCUT2D eigenvalue weighted by Crippen LogP contribution is 2.32. The first-order valence-electron chi connectivity index (χ1n) is 8.35. The lowest BCUT2D eigenvalue weighted by Gasteiger charge is -2.33. The second-order valence-corrected chi connectivity index (χ2v) is 6.23. The largest absolute Gasteiger partial charge is 0.388 e. The Morgan fingerprint density at radius 3 is 1.87 bits per heavy atom. The van der Waals surface area contributed by atoms with Gasteiger partial charge in [0, 0.05) is 12.5 Å². The average molecular weight is 332 g/mol. The van der Waals surface area contributed by atoms with Crippen molar-refractivity contribution in [1.29, 1.82) is 0 Å². The Kier molecular flexibility index (Phi) is 7.10. The minimum Gasteiger partial charge on any atom is -0.388 e. The molecule has 1 aliphatic rings. The molecule has 0 amide bonds. The van der Waals surface area contributed by atoms with Crippen LogP contribution in [0.25, 0.3) is 0 Å². The summed E-state index contributed by atoms with van der Waals surface area (Å²) in [6, 6.07) is 20.5. The molecule has 1 heterocycles. The zero-order valence-electron chi connectivity index (χ0n) is 13.5. The Labute approximate surface area is 145 Å². The second kappa shape index (κ2) is 9.07. The number of hydrogen-bond acceptors (Lipinski definition) is 2. The molecule has 0 spiro atoms. The van der Waals surface area contributed by atoms with E-state index < -0.39 is 6.10 Å². The van der Waals surface area contributed by atoms with Crippen LogP contribution >= 0.6 is 12.4 Å². The zero-order valence-corrected chi connectivity index (χ0v) is 14.3. The molecule has 0 bridgehead atoms. The summed E-state index contributed by atoms with van der Waals surface area (Å²) in [5.41, 5.74) is 2.23. The standard InChI is InChI=1S/C20H25NO.ClH/c22-20(18-12-6-2-7-13-18)19(17-10-4-1-5-11-17)16-21-14-8-3-9-15-21;/h1-2,4-7,10-13,19-20,22H,3,8-9,14-16H2;1H. The highest BCUT2D eigenvalue weighted by Gasteiger charge is 2.25. The molecule has 0 aliphatic carbocycles. The number of hydrogen-bond donors (Lipinski definition) is 1. The summed E-state index contributed by atoms with van der Waals surface area (Å²) in [6.07, 6.45) is 3.45. The van der Waals surface area contributed by atoms with E-state index in [0.29, 0.717) is 0 Å². The van der Waals surface area contributed by atoms with E-state index in [1.165, 1.54) is 24.8 Å². The number of halogens is 1. The molecule has 23 heavy (non-hydrogen) atoms. The SMILES string of the molecule is Cl.OC(c1ccccc1)C(CN1CCCCC1)c1ccccc1. The van der Waals surface area contributed by atoms with Crippen LogP contribution in [0.1, 0.15) is 42.4 Å². The van der Waals surface area contributed by atoms with Crippen molar-refractivity contribution >= 4 is 12.4 Å². The summed E-state index contributed by atoms with van der Waals surface area (Å²) in [5, 5.41) is 10.9. The molecule has 124 valence electrons. The van der Waals surface area contributed by atoms with Gasteiger partial charge in [0.2, 0.25) is 0 Å². The lowest BCUT2D eigenvalue weighted by Crippen LogP contribution is -2.35. The molecule has 0 aromatic heterocycles. The van der Waals surface area contributed by atoms with Crippen LogP contribution in [-0.2, 0) is 0 Å². The van der Waals surface area contributed by atoms with E-state index in [2.05, 4.69) is 29.2 Å². The van der Waals surface area contributed by atoms with Crippen LogP contribution < -0.4 is 0 Å². The highest BCUT2D eigenvalue weighted by atomic mass is 35.5. The Bertz CT molecular complexity index is 554. The fourth-order valence-corrected chi connectivity index (χ4v) is 3.39. The van der Waals surface area contributed by atoms with Crippen molar-refractivity contribution in [3.63, 3.8) is 0 Å². The van der Waals surface area contributed by atoms with Gasteiger partial charge in [-0.05, 0) is 37.1 Å². The molecule has 1 saturated heterocycles. The van der Waals surface area contributed by atoms with E-state index in [0.717, 1.165) is 25.2 Å². The van der Waals surface area contributed by atoms with Crippen molar-refractivity contribution < 1.29 is 5.11 Å². The number of likely N-dealkylation sites (tertiary alicyclic amines) is 1. The van der Waals surface area contributed by atoms with Crippen LogP contribution in [0, 0.1) is 0 Å². The summed E-state index contributed by atoms with van der Waals surface area (Å²) >= 11 is 0. The lowest BCUT2D eigenvalue weighted by atomic mass is 9.88. The maximum atomic E-state index is 10.9. The molecule has 1 fully saturated rings. The molecule has 3 rings (SSSR count). The first kappa shape index (κ1) is 18.0. The molecule has 2 atom stereocenters. The third-order valence-electron chi connectivity index (χ3n) is 4.65. The fourth-order valence-electron chi connectivity index (χ4n) is 3.39. The quantitative estimate of drug-likeness (QED) is 0.877. The fraction of sp³-hybridized carbons (Fsp3) is 0.400. The van der Waals surface area contributed by atoms with Gasteiger partial charge < -0.3 is 10.0 Å². The molecular weight excluding hydrogens is 306 g/mol. The van der Waals surface area contributed by atoms with Crippen LogP contribution in [0.5, 0.6) is 0 Å². The highest BCUT2D eigenvalue weighted by molar-refractivity contribution is 5.85. The summed E-state index contributed by atoms with van der Waals surface area (Å²) in [6.45, 7) is 3.25. The van der Waals surface area contributed by atoms with Gasteiger partial charge in [0.25, 0.3) is 0 Å². The topological polar surface area (TPSA) is 23.5 Å². The van der Waals surface area contributed by atoms with Crippen LogP contribution in [0.2, 0.25) is 0 Å². The van der Waals surface area contributed by atoms with Gasteiger partial charge in [-0.2, -0.15) is 0 Å². The Morgan fingerprint density at radius 2 is 1.30 bits per heavy atom. The lowest BCUT2D eigenvalue weighted by molar-refractivity contribution is 0.109. The summed E-state index contributed by atoms with van der Waals surface area (Å²) < 4.78 is 0. The number of rotatable bonds is 5. The van der Waals surface area contributed by atoms with E-state index in [-0.39, 0.29) is 18.3 Å². The maximum absolute atomic E-state index is 10.9. The molecule has 2 aromatic rings. The van der Waals surface area contributed by atoms with Gasteiger partial charge in [-0.3, -0.25) is 0 Å². The molecule has 1 aliphatic heterocycles. The third-order valence-corrected chi connectivity index (χ3v) is 4.65. The molecule has 2 nitrogen and oxygen atoms in total. The van der Waals surface area contributed by atoms with Gasteiger partial charge >= 0.3 is 0 Å². The first-order valence-corrected chi connectivity index (χ1v) is 8.35. The molecule has 1 N–H and O–H groups in total. The van der Waals surface area contributed by atoms with Crippen LogP contribution in [0.15, 0.2) is 60.7 Å². The predicted molar refractivity (Wildman–Crippen MR) is 98.1 cm³/mol. The van der Waals surface area contributed by atoms with Crippen LogP contribution in [-0.4, -0.2) is 29.6 Å². The number of piperidine rings is 1. The van der Waals surface area contributed by atoms with Crippen LogP contribution in [0.3, 0.4) is 0 Å². The van der Waals surface area contributed by atoms with Gasteiger partial charge in [0.1, 0.15) is 0 Å². The van der Waals surface area contributed by atoms with Crippen molar-refractivity contribution in [2.24, 2.45) is 0 Å². The molecule has 2 unspecified atom stereocenters. The second-order valence-electron chi connectivity index (χ2n) is 6.23. The number of nitrogens with zero attached hydrogens (tertiary/aromatic N) is 1. The summed E-state index contributed by atoms with van der Waals surface area (Å²) in [4.78, 5) is 2.51. The maximum Gasteiger partial charge on any atom is 0.0870 e. The van der Waals surface area contributed by atoms with Gasteiger partial charge in [0.15, 0.2) is 0 Å². The molecule has 2 aromatic carbocycles. The number of aliphatic hydroxyl groups excluding tert-OH is 1. The van der Waals surface area contributed by atoms with E-state index in [4.69, 9.17) is 0 Å². The van der Waals surface area contributed by atoms with Gasteiger partial charge in [0.05, 0.1) is 6.10 Å².